The molecule has 2 aromatic rings. The number of aryl methyl sites for hydroxylation is 1. The van der Waals surface area contributed by atoms with Crippen LogP contribution in [0.3, 0.4) is 0 Å². The second-order valence-corrected chi connectivity index (χ2v) is 4.96. The number of thiazole rings is 1. The third-order valence-electron chi connectivity index (χ3n) is 2.66. The Kier molecular flexibility index (Phi) is 5.17. The first-order valence-corrected chi connectivity index (χ1v) is 7.02. The lowest BCUT2D eigenvalue weighted by molar-refractivity contribution is 0.314. The van der Waals surface area contributed by atoms with Crippen LogP contribution in [-0.4, -0.2) is 24.7 Å². The molecule has 0 saturated carbocycles. The molecule has 2 rings (SSSR count). The SMILES string of the molecule is Cc1ncsc1CCNCCOc1ccccc1. The van der Waals surface area contributed by atoms with E-state index < -0.39 is 0 Å². The zero-order valence-electron chi connectivity index (χ0n) is 10.6. The summed E-state index contributed by atoms with van der Waals surface area (Å²) in [5, 5.41) is 3.38. The Morgan fingerprint density at radius 2 is 2.06 bits per heavy atom. The highest BCUT2D eigenvalue weighted by Gasteiger charge is 2.00. The van der Waals surface area contributed by atoms with Gasteiger partial charge in [0.05, 0.1) is 11.2 Å². The summed E-state index contributed by atoms with van der Waals surface area (Å²) in [5.41, 5.74) is 3.06. The Balaban J connectivity index is 1.56. The van der Waals surface area contributed by atoms with Crippen LogP contribution in [0.4, 0.5) is 0 Å². The van der Waals surface area contributed by atoms with Crippen molar-refractivity contribution in [3.05, 3.63) is 46.4 Å². The van der Waals surface area contributed by atoms with Gasteiger partial charge >= 0.3 is 0 Å². The number of aromatic nitrogens is 1. The van der Waals surface area contributed by atoms with Gasteiger partial charge in [-0.15, -0.1) is 11.3 Å². The molecule has 0 radical (unpaired) electrons. The van der Waals surface area contributed by atoms with E-state index in [1.807, 2.05) is 35.8 Å². The molecule has 0 amide bonds. The van der Waals surface area contributed by atoms with E-state index in [1.54, 1.807) is 11.3 Å². The highest BCUT2D eigenvalue weighted by molar-refractivity contribution is 7.09. The van der Waals surface area contributed by atoms with Crippen LogP contribution in [0.2, 0.25) is 0 Å². The van der Waals surface area contributed by atoms with Crippen molar-refractivity contribution in [3.8, 4) is 5.75 Å². The lowest BCUT2D eigenvalue weighted by Crippen LogP contribution is -2.23. The van der Waals surface area contributed by atoms with Gasteiger partial charge < -0.3 is 10.1 Å². The van der Waals surface area contributed by atoms with Crippen molar-refractivity contribution in [1.29, 1.82) is 0 Å². The average molecular weight is 262 g/mol. The van der Waals surface area contributed by atoms with Gasteiger partial charge in [0.1, 0.15) is 12.4 Å². The molecular weight excluding hydrogens is 244 g/mol. The lowest BCUT2D eigenvalue weighted by Gasteiger charge is -2.07. The molecule has 1 heterocycles. The molecule has 0 aliphatic rings. The van der Waals surface area contributed by atoms with Crippen LogP contribution >= 0.6 is 11.3 Å². The molecule has 0 unspecified atom stereocenters. The molecule has 96 valence electrons. The van der Waals surface area contributed by atoms with E-state index >= 15 is 0 Å². The summed E-state index contributed by atoms with van der Waals surface area (Å²) in [6, 6.07) is 9.90. The highest BCUT2D eigenvalue weighted by atomic mass is 32.1. The normalized spacial score (nSPS) is 10.5. The average Bonchev–Trinajstić information content (AvgIpc) is 2.81. The van der Waals surface area contributed by atoms with Crippen LogP contribution in [-0.2, 0) is 6.42 Å². The molecule has 3 nitrogen and oxygen atoms in total. The molecule has 0 atom stereocenters. The maximum Gasteiger partial charge on any atom is 0.119 e. The summed E-state index contributed by atoms with van der Waals surface area (Å²) < 4.78 is 5.59. The lowest BCUT2D eigenvalue weighted by atomic mass is 10.3. The maximum atomic E-state index is 5.59. The van der Waals surface area contributed by atoms with Gasteiger partial charge in [-0.1, -0.05) is 18.2 Å². The fourth-order valence-corrected chi connectivity index (χ4v) is 2.43. The molecule has 0 fully saturated rings. The first kappa shape index (κ1) is 13.1. The summed E-state index contributed by atoms with van der Waals surface area (Å²) in [6.45, 7) is 4.60. The fraction of sp³-hybridized carbons (Fsp3) is 0.357. The third-order valence-corrected chi connectivity index (χ3v) is 3.66. The van der Waals surface area contributed by atoms with Gasteiger partial charge in [0.25, 0.3) is 0 Å². The molecule has 1 aromatic heterocycles. The van der Waals surface area contributed by atoms with Crippen molar-refractivity contribution in [1.82, 2.24) is 10.3 Å². The standard InChI is InChI=1S/C14H18N2OS/c1-12-14(18-11-16-12)7-8-15-9-10-17-13-5-3-2-4-6-13/h2-6,11,15H,7-10H2,1H3. The van der Waals surface area contributed by atoms with Crippen molar-refractivity contribution in [2.45, 2.75) is 13.3 Å². The number of para-hydroxylation sites is 1. The van der Waals surface area contributed by atoms with E-state index in [2.05, 4.69) is 17.2 Å². The molecule has 0 aliphatic heterocycles. The van der Waals surface area contributed by atoms with E-state index in [9.17, 15) is 0 Å². The minimum Gasteiger partial charge on any atom is -0.492 e. The summed E-state index contributed by atoms with van der Waals surface area (Å²) in [7, 11) is 0. The first-order valence-electron chi connectivity index (χ1n) is 6.14. The largest absolute Gasteiger partial charge is 0.492 e. The van der Waals surface area contributed by atoms with Crippen molar-refractivity contribution in [3.63, 3.8) is 0 Å². The zero-order valence-corrected chi connectivity index (χ0v) is 11.4. The predicted molar refractivity (Wildman–Crippen MR) is 75.4 cm³/mol. The smallest absolute Gasteiger partial charge is 0.119 e. The number of hydrogen-bond donors (Lipinski definition) is 1. The minimum atomic E-state index is 0.700. The summed E-state index contributed by atoms with van der Waals surface area (Å²) in [4.78, 5) is 5.60. The summed E-state index contributed by atoms with van der Waals surface area (Å²) >= 11 is 1.73. The quantitative estimate of drug-likeness (QED) is 0.779. The monoisotopic (exact) mass is 262 g/mol. The van der Waals surface area contributed by atoms with Crippen molar-refractivity contribution < 1.29 is 4.74 Å². The van der Waals surface area contributed by atoms with Crippen LogP contribution in [0.25, 0.3) is 0 Å². The Bertz CT molecular complexity index is 456. The van der Waals surface area contributed by atoms with Gasteiger partial charge in [0.15, 0.2) is 0 Å². The summed E-state index contributed by atoms with van der Waals surface area (Å²) in [5.74, 6) is 0.928. The van der Waals surface area contributed by atoms with Gasteiger partial charge in [0.2, 0.25) is 0 Å². The number of nitrogens with zero attached hydrogens (tertiary/aromatic N) is 1. The van der Waals surface area contributed by atoms with Gasteiger partial charge in [0, 0.05) is 18.0 Å². The number of hydrogen-bond acceptors (Lipinski definition) is 4. The number of nitrogens with one attached hydrogen (secondary N) is 1. The topological polar surface area (TPSA) is 34.2 Å². The van der Waals surface area contributed by atoms with Crippen molar-refractivity contribution >= 4 is 11.3 Å². The minimum absolute atomic E-state index is 0.700. The van der Waals surface area contributed by atoms with Crippen LogP contribution in [0, 0.1) is 6.92 Å². The molecule has 18 heavy (non-hydrogen) atoms. The van der Waals surface area contributed by atoms with Gasteiger partial charge in [-0.05, 0) is 25.5 Å². The van der Waals surface area contributed by atoms with Crippen LogP contribution in [0.1, 0.15) is 10.6 Å². The Hall–Kier alpha value is -1.39. The Labute approximate surface area is 112 Å². The fourth-order valence-electron chi connectivity index (χ4n) is 1.65. The van der Waals surface area contributed by atoms with Gasteiger partial charge in [-0.3, -0.25) is 0 Å². The predicted octanol–water partition coefficient (Wildman–Crippen LogP) is 2.66. The van der Waals surface area contributed by atoms with Crippen LogP contribution in [0.5, 0.6) is 5.75 Å². The number of ether oxygens (including phenoxy) is 1. The molecule has 1 N–H and O–H groups in total. The third kappa shape index (κ3) is 4.13. The van der Waals surface area contributed by atoms with E-state index in [1.165, 1.54) is 4.88 Å². The van der Waals surface area contributed by atoms with E-state index in [0.717, 1.165) is 31.0 Å². The van der Waals surface area contributed by atoms with Gasteiger partial charge in [-0.25, -0.2) is 4.98 Å². The second kappa shape index (κ2) is 7.13. The molecule has 1 aromatic carbocycles. The van der Waals surface area contributed by atoms with Crippen molar-refractivity contribution in [2.75, 3.05) is 19.7 Å². The Morgan fingerprint density at radius 3 is 2.78 bits per heavy atom. The highest BCUT2D eigenvalue weighted by Crippen LogP contribution is 2.11. The maximum absolute atomic E-state index is 5.59. The number of benzene rings is 1. The summed E-state index contributed by atoms with van der Waals surface area (Å²) in [6.07, 6.45) is 1.04. The van der Waals surface area contributed by atoms with Gasteiger partial charge in [-0.2, -0.15) is 0 Å². The number of rotatable bonds is 7. The molecule has 0 spiro atoms. The van der Waals surface area contributed by atoms with Crippen LogP contribution < -0.4 is 10.1 Å². The molecule has 0 aliphatic carbocycles. The van der Waals surface area contributed by atoms with E-state index in [-0.39, 0.29) is 0 Å². The van der Waals surface area contributed by atoms with Crippen molar-refractivity contribution in [2.24, 2.45) is 0 Å². The molecular formula is C14H18N2OS. The molecule has 0 saturated heterocycles. The van der Waals surface area contributed by atoms with E-state index in [0.29, 0.717) is 6.61 Å². The molecule has 0 bridgehead atoms. The Morgan fingerprint density at radius 1 is 1.22 bits per heavy atom. The second-order valence-electron chi connectivity index (χ2n) is 4.02. The molecule has 4 heteroatoms. The zero-order chi connectivity index (χ0) is 12.6. The van der Waals surface area contributed by atoms with E-state index in [4.69, 9.17) is 4.74 Å². The first-order chi connectivity index (χ1) is 8.86. The van der Waals surface area contributed by atoms with Crippen LogP contribution in [0.15, 0.2) is 35.8 Å².